The van der Waals surface area contributed by atoms with Crippen LogP contribution >= 0.6 is 0 Å². The van der Waals surface area contributed by atoms with Gasteiger partial charge in [-0.15, -0.1) is 0 Å². The van der Waals surface area contributed by atoms with E-state index >= 15 is 0 Å². The van der Waals surface area contributed by atoms with E-state index in [0.29, 0.717) is 13.0 Å². The Balaban J connectivity index is 2.36. The molecule has 1 saturated heterocycles. The first-order valence-electron chi connectivity index (χ1n) is 6.41. The van der Waals surface area contributed by atoms with E-state index in [1.165, 1.54) is 6.26 Å². The summed E-state index contributed by atoms with van der Waals surface area (Å²) in [6, 6.07) is -0.176. The van der Waals surface area contributed by atoms with Gasteiger partial charge in [0, 0.05) is 12.8 Å². The van der Waals surface area contributed by atoms with Gasteiger partial charge in [-0.3, -0.25) is 4.79 Å². The van der Waals surface area contributed by atoms with Crippen LogP contribution in [0.5, 0.6) is 0 Å². The highest BCUT2D eigenvalue weighted by Gasteiger charge is 2.36. The molecule has 2 N–H and O–H groups in total. The first-order chi connectivity index (χ1) is 8.22. The summed E-state index contributed by atoms with van der Waals surface area (Å²) in [5.74, 6) is 0.0996. The number of amides is 1. The summed E-state index contributed by atoms with van der Waals surface area (Å²) in [5, 5.41) is 6.05. The van der Waals surface area contributed by atoms with Crippen molar-refractivity contribution >= 4 is 15.7 Å². The summed E-state index contributed by atoms with van der Waals surface area (Å²) in [4.78, 5) is 12.0. The third-order valence-electron chi connectivity index (χ3n) is 3.38. The maximum absolute atomic E-state index is 12.0. The second-order valence-corrected chi connectivity index (χ2v) is 8.01. The largest absolute Gasteiger partial charge is 0.355 e. The number of piperidine rings is 1. The zero-order valence-electron chi connectivity index (χ0n) is 11.5. The van der Waals surface area contributed by atoms with Crippen LogP contribution in [0.25, 0.3) is 0 Å². The lowest BCUT2D eigenvalue weighted by Gasteiger charge is -2.38. The van der Waals surface area contributed by atoms with Gasteiger partial charge in [-0.2, -0.15) is 0 Å². The minimum atomic E-state index is -2.94. The van der Waals surface area contributed by atoms with Crippen molar-refractivity contribution in [1.82, 2.24) is 10.6 Å². The molecule has 106 valence electrons. The quantitative estimate of drug-likeness (QED) is 0.709. The van der Waals surface area contributed by atoms with Crippen molar-refractivity contribution in [3.8, 4) is 0 Å². The summed E-state index contributed by atoms with van der Waals surface area (Å²) in [5.41, 5.74) is -0.0425. The van der Waals surface area contributed by atoms with E-state index in [9.17, 15) is 13.2 Å². The molecule has 0 aromatic rings. The van der Waals surface area contributed by atoms with Crippen molar-refractivity contribution in [2.24, 2.45) is 5.41 Å². The highest BCUT2D eigenvalue weighted by atomic mass is 32.2. The van der Waals surface area contributed by atoms with Crippen LogP contribution in [-0.2, 0) is 14.6 Å². The molecule has 0 aliphatic carbocycles. The molecule has 0 bridgehead atoms. The van der Waals surface area contributed by atoms with Gasteiger partial charge in [0.15, 0.2) is 0 Å². The monoisotopic (exact) mass is 276 g/mol. The van der Waals surface area contributed by atoms with Crippen LogP contribution in [0.4, 0.5) is 0 Å². The van der Waals surface area contributed by atoms with Gasteiger partial charge in [-0.05, 0) is 31.2 Å². The standard InChI is InChI=1S/C12H24N2O3S/c1-12(2)6-4-7-13-10(12)11(15)14-8-5-9-18(3,16)17/h10,13H,4-9H2,1-3H3,(H,14,15). The average Bonchev–Trinajstić information content (AvgIpc) is 2.22. The van der Waals surface area contributed by atoms with Gasteiger partial charge < -0.3 is 10.6 Å². The molecule has 5 nitrogen and oxygen atoms in total. The van der Waals surface area contributed by atoms with Crippen molar-refractivity contribution in [2.45, 2.75) is 39.2 Å². The van der Waals surface area contributed by atoms with Crippen molar-refractivity contribution < 1.29 is 13.2 Å². The maximum atomic E-state index is 12.0. The number of carbonyl (C=O) groups is 1. The van der Waals surface area contributed by atoms with Gasteiger partial charge in [-0.25, -0.2) is 8.42 Å². The van der Waals surface area contributed by atoms with Crippen LogP contribution in [0, 0.1) is 5.41 Å². The normalized spacial score (nSPS) is 23.6. The lowest BCUT2D eigenvalue weighted by Crippen LogP contribution is -2.55. The fourth-order valence-corrected chi connectivity index (χ4v) is 2.98. The van der Waals surface area contributed by atoms with Gasteiger partial charge in [0.25, 0.3) is 0 Å². The molecule has 1 unspecified atom stereocenters. The van der Waals surface area contributed by atoms with Gasteiger partial charge in [0.05, 0.1) is 11.8 Å². The number of hydrogen-bond acceptors (Lipinski definition) is 4. The summed E-state index contributed by atoms with van der Waals surface area (Å²) < 4.78 is 21.9. The number of hydrogen-bond donors (Lipinski definition) is 2. The van der Waals surface area contributed by atoms with Gasteiger partial charge in [0.1, 0.15) is 9.84 Å². The van der Waals surface area contributed by atoms with Crippen LogP contribution in [0.15, 0.2) is 0 Å². The lowest BCUT2D eigenvalue weighted by atomic mass is 9.77. The Hall–Kier alpha value is -0.620. The highest BCUT2D eigenvalue weighted by molar-refractivity contribution is 7.90. The minimum absolute atomic E-state index is 0.0202. The van der Waals surface area contributed by atoms with Crippen LogP contribution in [0.2, 0.25) is 0 Å². The zero-order chi connectivity index (χ0) is 13.8. The molecule has 1 fully saturated rings. The zero-order valence-corrected chi connectivity index (χ0v) is 12.3. The van der Waals surface area contributed by atoms with Gasteiger partial charge >= 0.3 is 0 Å². The number of carbonyl (C=O) groups excluding carboxylic acids is 1. The maximum Gasteiger partial charge on any atom is 0.237 e. The Morgan fingerprint density at radius 3 is 2.67 bits per heavy atom. The molecule has 1 amide bonds. The van der Waals surface area contributed by atoms with Crippen molar-refractivity contribution in [2.75, 3.05) is 25.1 Å². The molecule has 1 heterocycles. The summed E-state index contributed by atoms with van der Waals surface area (Å²) in [7, 11) is -2.94. The number of nitrogens with one attached hydrogen (secondary N) is 2. The van der Waals surface area contributed by atoms with Gasteiger partial charge in [-0.1, -0.05) is 13.8 Å². The average molecular weight is 276 g/mol. The fraction of sp³-hybridized carbons (Fsp3) is 0.917. The van der Waals surface area contributed by atoms with E-state index in [1.54, 1.807) is 0 Å². The van der Waals surface area contributed by atoms with Crippen LogP contribution < -0.4 is 10.6 Å². The third kappa shape index (κ3) is 4.94. The molecule has 0 aromatic carbocycles. The first kappa shape index (κ1) is 15.4. The molecular weight excluding hydrogens is 252 g/mol. The highest BCUT2D eigenvalue weighted by Crippen LogP contribution is 2.29. The predicted molar refractivity (Wildman–Crippen MR) is 72.1 cm³/mol. The summed E-state index contributed by atoms with van der Waals surface area (Å²) in [6.45, 7) is 5.45. The van der Waals surface area contributed by atoms with Crippen LogP contribution in [-0.4, -0.2) is 45.5 Å². The van der Waals surface area contributed by atoms with Gasteiger partial charge in [0.2, 0.25) is 5.91 Å². The van der Waals surface area contributed by atoms with E-state index < -0.39 is 9.84 Å². The topological polar surface area (TPSA) is 75.3 Å². The Morgan fingerprint density at radius 2 is 2.11 bits per heavy atom. The molecular formula is C12H24N2O3S. The fourth-order valence-electron chi connectivity index (χ4n) is 2.31. The number of sulfone groups is 1. The summed E-state index contributed by atoms with van der Waals surface area (Å²) >= 11 is 0. The summed E-state index contributed by atoms with van der Waals surface area (Å²) in [6.07, 6.45) is 3.80. The number of rotatable bonds is 5. The Bertz CT molecular complexity index is 390. The molecule has 0 aromatic heterocycles. The molecule has 18 heavy (non-hydrogen) atoms. The molecule has 0 spiro atoms. The molecule has 0 radical (unpaired) electrons. The van der Waals surface area contributed by atoms with Crippen molar-refractivity contribution in [1.29, 1.82) is 0 Å². The van der Waals surface area contributed by atoms with Crippen LogP contribution in [0.1, 0.15) is 33.1 Å². The van der Waals surface area contributed by atoms with E-state index in [0.717, 1.165) is 19.4 Å². The molecule has 0 saturated carbocycles. The Kier molecular flexibility index (Phi) is 5.16. The van der Waals surface area contributed by atoms with E-state index in [2.05, 4.69) is 24.5 Å². The second kappa shape index (κ2) is 6.02. The molecule has 1 rings (SSSR count). The van der Waals surface area contributed by atoms with E-state index in [4.69, 9.17) is 0 Å². The molecule has 1 atom stereocenters. The van der Waals surface area contributed by atoms with E-state index in [-0.39, 0.29) is 23.1 Å². The lowest BCUT2D eigenvalue weighted by molar-refractivity contribution is -0.126. The Morgan fingerprint density at radius 1 is 1.44 bits per heavy atom. The molecule has 1 aliphatic heterocycles. The molecule has 6 heteroatoms. The first-order valence-corrected chi connectivity index (χ1v) is 8.47. The molecule has 1 aliphatic rings. The smallest absolute Gasteiger partial charge is 0.237 e. The van der Waals surface area contributed by atoms with E-state index in [1.807, 2.05) is 0 Å². The SMILES string of the molecule is CC1(C)CCCNC1C(=O)NCCCS(C)(=O)=O. The van der Waals surface area contributed by atoms with Crippen molar-refractivity contribution in [3.63, 3.8) is 0 Å². The van der Waals surface area contributed by atoms with Crippen LogP contribution in [0.3, 0.4) is 0 Å². The Labute approximate surface area is 110 Å². The minimum Gasteiger partial charge on any atom is -0.355 e. The second-order valence-electron chi connectivity index (χ2n) is 5.75. The predicted octanol–water partition coefficient (Wildman–Crippen LogP) is 0.316. The third-order valence-corrected chi connectivity index (χ3v) is 4.41. The van der Waals surface area contributed by atoms with Crippen molar-refractivity contribution in [3.05, 3.63) is 0 Å².